The van der Waals surface area contributed by atoms with Crippen LogP contribution in [0.5, 0.6) is 0 Å². The zero-order valence-electron chi connectivity index (χ0n) is 9.47. The van der Waals surface area contributed by atoms with E-state index in [0.717, 1.165) is 15.8 Å². The Morgan fingerprint density at radius 1 is 1.20 bits per heavy atom. The molecule has 0 aliphatic carbocycles. The molecule has 0 spiro atoms. The molecule has 1 heterocycles. The van der Waals surface area contributed by atoms with Crippen molar-refractivity contribution in [1.29, 1.82) is 0 Å². The number of Topliss-reactive ketones (excluding diaryl/α,β-unsaturated/α-hetero) is 1. The predicted molar refractivity (Wildman–Crippen MR) is 66.0 cm³/mol. The van der Waals surface area contributed by atoms with Crippen LogP contribution in [0.25, 0.3) is 10.1 Å². The summed E-state index contributed by atoms with van der Waals surface area (Å²) in [6.07, 6.45) is 0. The molecule has 0 amide bonds. The fraction of sp³-hybridized carbons (Fsp3) is 0.308. The lowest BCUT2D eigenvalue weighted by Crippen LogP contribution is -1.93. The maximum Gasteiger partial charge on any atom is 0.161 e. The molecule has 78 valence electrons. The van der Waals surface area contributed by atoms with Crippen molar-refractivity contribution in [1.82, 2.24) is 0 Å². The summed E-state index contributed by atoms with van der Waals surface area (Å²) in [4.78, 5) is 12.7. The maximum absolute atomic E-state index is 11.6. The molecule has 0 saturated heterocycles. The zero-order chi connectivity index (χ0) is 11.2. The molecule has 0 bridgehead atoms. The van der Waals surface area contributed by atoms with Gasteiger partial charge in [0.2, 0.25) is 0 Å². The summed E-state index contributed by atoms with van der Waals surface area (Å²) in [6, 6.07) is 4.30. The Bertz CT molecular complexity index is 549. The standard InChI is InChI=1S/C13H14OS/c1-7-5-8(2)12-11(6-7)15-10(4)13(12)9(3)14/h5-6H,1-4H3. The van der Waals surface area contributed by atoms with Gasteiger partial charge in [0.15, 0.2) is 5.78 Å². The van der Waals surface area contributed by atoms with E-state index in [0.29, 0.717) is 0 Å². The average molecular weight is 218 g/mol. The fourth-order valence-electron chi connectivity index (χ4n) is 2.15. The fourth-order valence-corrected chi connectivity index (χ4v) is 3.43. The van der Waals surface area contributed by atoms with E-state index in [9.17, 15) is 4.79 Å². The summed E-state index contributed by atoms with van der Waals surface area (Å²) < 4.78 is 1.23. The first-order valence-electron chi connectivity index (χ1n) is 5.02. The molecule has 0 saturated carbocycles. The first-order valence-corrected chi connectivity index (χ1v) is 5.83. The van der Waals surface area contributed by atoms with Gasteiger partial charge < -0.3 is 0 Å². The number of carbonyl (C=O) groups is 1. The Labute approximate surface area is 93.7 Å². The van der Waals surface area contributed by atoms with Crippen LogP contribution in [-0.2, 0) is 0 Å². The van der Waals surface area contributed by atoms with Gasteiger partial charge in [0.1, 0.15) is 0 Å². The van der Waals surface area contributed by atoms with Crippen LogP contribution in [0, 0.1) is 20.8 Å². The second kappa shape index (κ2) is 3.46. The number of hydrogen-bond acceptors (Lipinski definition) is 2. The lowest BCUT2D eigenvalue weighted by molar-refractivity contribution is 0.101. The maximum atomic E-state index is 11.6. The molecule has 0 atom stereocenters. The minimum absolute atomic E-state index is 0.172. The molecule has 0 aliphatic heterocycles. The molecule has 1 aromatic heterocycles. The third-order valence-electron chi connectivity index (χ3n) is 2.66. The van der Waals surface area contributed by atoms with E-state index in [4.69, 9.17) is 0 Å². The summed E-state index contributed by atoms with van der Waals surface area (Å²) in [6.45, 7) is 7.84. The Hall–Kier alpha value is -1.15. The van der Waals surface area contributed by atoms with E-state index in [-0.39, 0.29) is 5.78 Å². The first kappa shape index (κ1) is 10.4. The number of aryl methyl sites for hydroxylation is 3. The molecule has 2 rings (SSSR count). The van der Waals surface area contributed by atoms with Gasteiger partial charge in [-0.15, -0.1) is 11.3 Å². The van der Waals surface area contributed by atoms with E-state index in [1.807, 2.05) is 6.92 Å². The third kappa shape index (κ3) is 1.59. The van der Waals surface area contributed by atoms with Crippen LogP contribution in [0.3, 0.4) is 0 Å². The smallest absolute Gasteiger partial charge is 0.161 e. The van der Waals surface area contributed by atoms with Crippen molar-refractivity contribution in [2.75, 3.05) is 0 Å². The number of carbonyl (C=O) groups excluding carboxylic acids is 1. The molecule has 1 nitrogen and oxygen atoms in total. The van der Waals surface area contributed by atoms with Crippen molar-refractivity contribution in [3.05, 3.63) is 33.7 Å². The topological polar surface area (TPSA) is 17.1 Å². The summed E-state index contributed by atoms with van der Waals surface area (Å²) in [7, 11) is 0. The van der Waals surface area contributed by atoms with E-state index in [1.54, 1.807) is 18.3 Å². The number of ketones is 1. The monoisotopic (exact) mass is 218 g/mol. The molecule has 0 radical (unpaired) electrons. The molecule has 2 heteroatoms. The molecule has 1 aromatic carbocycles. The molecule has 15 heavy (non-hydrogen) atoms. The minimum Gasteiger partial charge on any atom is -0.294 e. The van der Waals surface area contributed by atoms with Crippen LogP contribution in [0.2, 0.25) is 0 Å². The second-order valence-electron chi connectivity index (χ2n) is 4.04. The average Bonchev–Trinajstić information content (AvgIpc) is 2.40. The lowest BCUT2D eigenvalue weighted by Gasteiger charge is -2.01. The van der Waals surface area contributed by atoms with E-state index in [2.05, 4.69) is 26.0 Å². The highest BCUT2D eigenvalue weighted by molar-refractivity contribution is 7.19. The van der Waals surface area contributed by atoms with E-state index >= 15 is 0 Å². The van der Waals surface area contributed by atoms with Crippen LogP contribution in [0.4, 0.5) is 0 Å². The highest BCUT2D eigenvalue weighted by Gasteiger charge is 2.14. The number of thiophene rings is 1. The van der Waals surface area contributed by atoms with E-state index < -0.39 is 0 Å². The van der Waals surface area contributed by atoms with Crippen LogP contribution < -0.4 is 0 Å². The SMILES string of the molecule is CC(=O)c1c(C)sc2cc(C)cc(C)c12. The van der Waals surface area contributed by atoms with Crippen molar-refractivity contribution in [2.45, 2.75) is 27.7 Å². The normalized spacial score (nSPS) is 10.9. The highest BCUT2D eigenvalue weighted by atomic mass is 32.1. The van der Waals surface area contributed by atoms with Gasteiger partial charge in [-0.05, 0) is 44.9 Å². The lowest BCUT2D eigenvalue weighted by atomic mass is 10.0. The Balaban J connectivity index is 2.93. The zero-order valence-corrected chi connectivity index (χ0v) is 10.3. The second-order valence-corrected chi connectivity index (χ2v) is 5.30. The van der Waals surface area contributed by atoms with Crippen molar-refractivity contribution >= 4 is 27.2 Å². The summed E-state index contributed by atoms with van der Waals surface area (Å²) >= 11 is 1.71. The number of benzene rings is 1. The Kier molecular flexibility index (Phi) is 2.39. The number of rotatable bonds is 1. The summed E-state index contributed by atoms with van der Waals surface area (Å²) in [5, 5.41) is 1.15. The largest absolute Gasteiger partial charge is 0.294 e. The van der Waals surface area contributed by atoms with Gasteiger partial charge in [-0.25, -0.2) is 0 Å². The number of hydrogen-bond donors (Lipinski definition) is 0. The molecule has 2 aromatic rings. The van der Waals surface area contributed by atoms with E-state index in [1.165, 1.54) is 15.8 Å². The minimum atomic E-state index is 0.172. The third-order valence-corrected chi connectivity index (χ3v) is 3.71. The van der Waals surface area contributed by atoms with Crippen LogP contribution >= 0.6 is 11.3 Å². The number of fused-ring (bicyclic) bond motifs is 1. The van der Waals surface area contributed by atoms with Crippen LogP contribution in [0.15, 0.2) is 12.1 Å². The Morgan fingerprint density at radius 2 is 1.87 bits per heavy atom. The summed E-state index contributed by atoms with van der Waals surface area (Å²) in [5.41, 5.74) is 3.38. The highest BCUT2D eigenvalue weighted by Crippen LogP contribution is 2.34. The molecule has 0 fully saturated rings. The van der Waals surface area contributed by atoms with Crippen molar-refractivity contribution in [3.63, 3.8) is 0 Å². The molecular formula is C13H14OS. The first-order chi connectivity index (χ1) is 7.00. The van der Waals surface area contributed by atoms with Gasteiger partial charge in [-0.1, -0.05) is 6.07 Å². The predicted octanol–water partition coefficient (Wildman–Crippen LogP) is 4.03. The van der Waals surface area contributed by atoms with Crippen molar-refractivity contribution in [2.24, 2.45) is 0 Å². The van der Waals surface area contributed by atoms with Crippen LogP contribution in [0.1, 0.15) is 33.3 Å². The molecule has 0 aliphatic rings. The Morgan fingerprint density at radius 3 is 2.47 bits per heavy atom. The van der Waals surface area contributed by atoms with Gasteiger partial charge in [0, 0.05) is 20.5 Å². The van der Waals surface area contributed by atoms with Crippen LogP contribution in [-0.4, -0.2) is 5.78 Å². The molecular weight excluding hydrogens is 204 g/mol. The molecule has 0 N–H and O–H groups in total. The van der Waals surface area contributed by atoms with Gasteiger partial charge >= 0.3 is 0 Å². The quantitative estimate of drug-likeness (QED) is 0.660. The van der Waals surface area contributed by atoms with Crippen molar-refractivity contribution in [3.8, 4) is 0 Å². The summed E-state index contributed by atoms with van der Waals surface area (Å²) in [5.74, 6) is 0.172. The van der Waals surface area contributed by atoms with Crippen molar-refractivity contribution < 1.29 is 4.79 Å². The van der Waals surface area contributed by atoms with Gasteiger partial charge in [0.05, 0.1) is 0 Å². The van der Waals surface area contributed by atoms with Gasteiger partial charge in [-0.3, -0.25) is 4.79 Å². The van der Waals surface area contributed by atoms with Gasteiger partial charge in [-0.2, -0.15) is 0 Å². The van der Waals surface area contributed by atoms with Gasteiger partial charge in [0.25, 0.3) is 0 Å². The molecule has 0 unspecified atom stereocenters.